The smallest absolute Gasteiger partial charge is 0.318 e. The minimum atomic E-state index is -5.77. The van der Waals surface area contributed by atoms with Gasteiger partial charge in [0.05, 0.1) is 4.92 Å². The van der Waals surface area contributed by atoms with Crippen molar-refractivity contribution in [2.24, 2.45) is 0 Å². The number of nitro groups is 1. The molecule has 0 fully saturated rings. The number of carbonyl (C=O) groups is 1. The fraction of sp³-hybridized carbons (Fsp3) is 0.300. The van der Waals surface area contributed by atoms with Gasteiger partial charge in [0.15, 0.2) is 0 Å². The highest BCUT2D eigenvalue weighted by molar-refractivity contribution is 5.92. The number of nitro benzene ring substituents is 1. The highest BCUT2D eigenvalue weighted by atomic mass is 19.4. The molecule has 2 N–H and O–H groups in total. The average molecular weight is 331 g/mol. The molecule has 2 amide bonds. The molecule has 0 aliphatic rings. The Morgan fingerprint density at radius 1 is 1.09 bits per heavy atom. The summed E-state index contributed by atoms with van der Waals surface area (Å²) < 4.78 is 73.5. The number of halogens is 6. The van der Waals surface area contributed by atoms with E-state index < -0.39 is 40.7 Å². The molecular formula is C10H7F6N3O3. The Labute approximate surface area is 118 Å². The first-order valence-corrected chi connectivity index (χ1v) is 5.37. The molecule has 0 atom stereocenters. The van der Waals surface area contributed by atoms with Crippen molar-refractivity contribution < 1.29 is 36.1 Å². The number of nitrogens with one attached hydrogen (secondary N) is 2. The second kappa shape index (κ2) is 6.07. The Hall–Kier alpha value is -2.53. The van der Waals surface area contributed by atoms with Gasteiger partial charge >= 0.3 is 18.4 Å². The van der Waals surface area contributed by atoms with Crippen LogP contribution < -0.4 is 10.6 Å². The van der Waals surface area contributed by atoms with Crippen molar-refractivity contribution in [2.45, 2.75) is 18.4 Å². The van der Waals surface area contributed by atoms with Crippen LogP contribution in [0, 0.1) is 10.1 Å². The summed E-state index contributed by atoms with van der Waals surface area (Å²) in [7, 11) is 0. The average Bonchev–Trinajstić information content (AvgIpc) is 2.33. The van der Waals surface area contributed by atoms with Gasteiger partial charge in [-0.1, -0.05) is 12.1 Å². The number of nitrogens with zero attached hydrogens (tertiary/aromatic N) is 1. The van der Waals surface area contributed by atoms with Crippen molar-refractivity contribution in [3.63, 3.8) is 0 Å². The molecule has 6 nitrogen and oxygen atoms in total. The van der Waals surface area contributed by atoms with Gasteiger partial charge < -0.3 is 10.6 Å². The first-order chi connectivity index (χ1) is 9.93. The lowest BCUT2D eigenvalue weighted by atomic mass is 10.2. The number of benzene rings is 1. The first-order valence-electron chi connectivity index (χ1n) is 5.37. The van der Waals surface area contributed by atoms with Crippen molar-refractivity contribution in [2.75, 3.05) is 5.32 Å². The molecule has 0 heterocycles. The summed E-state index contributed by atoms with van der Waals surface area (Å²) in [5.74, 6) is 0. The molecule has 1 aromatic carbocycles. The molecule has 122 valence electrons. The number of para-hydroxylation sites is 2. The summed E-state index contributed by atoms with van der Waals surface area (Å²) in [6.07, 6.45) is -11.5. The lowest BCUT2D eigenvalue weighted by Gasteiger charge is -2.23. The van der Waals surface area contributed by atoms with Gasteiger partial charge in [-0.15, -0.1) is 0 Å². The Bertz CT molecular complexity index is 558. The van der Waals surface area contributed by atoms with E-state index >= 15 is 0 Å². The number of alkyl halides is 6. The molecule has 0 aliphatic carbocycles. The number of hydrogen-bond acceptors (Lipinski definition) is 3. The van der Waals surface area contributed by atoms with Gasteiger partial charge in [0.25, 0.3) is 5.69 Å². The molecule has 0 spiro atoms. The van der Waals surface area contributed by atoms with Crippen molar-refractivity contribution >= 4 is 17.4 Å². The molecule has 0 saturated carbocycles. The highest BCUT2D eigenvalue weighted by Gasteiger charge is 2.57. The molecular weight excluding hydrogens is 324 g/mol. The van der Waals surface area contributed by atoms with Gasteiger partial charge in [-0.25, -0.2) is 4.79 Å². The van der Waals surface area contributed by atoms with Crippen LogP contribution in [-0.4, -0.2) is 29.3 Å². The third kappa shape index (κ3) is 4.49. The molecule has 12 heteroatoms. The number of anilines is 1. The quantitative estimate of drug-likeness (QED) is 0.507. The second-order valence-electron chi connectivity index (χ2n) is 3.89. The predicted molar refractivity (Wildman–Crippen MR) is 61.1 cm³/mol. The van der Waals surface area contributed by atoms with Crippen LogP contribution in [0.1, 0.15) is 0 Å². The normalized spacial score (nSPS) is 12.1. The standard InChI is InChI=1S/C10H7F6N3O3/c11-9(12,13)7(10(14,15)16)18-8(20)17-5-3-1-2-4-6(5)19(21)22/h1-4,7H,(H2,17,18,20). The van der Waals surface area contributed by atoms with Crippen LogP contribution in [0.3, 0.4) is 0 Å². The molecule has 0 aromatic heterocycles. The molecule has 0 saturated heterocycles. The number of rotatable bonds is 3. The molecule has 1 aromatic rings. The van der Waals surface area contributed by atoms with E-state index in [0.717, 1.165) is 12.1 Å². The van der Waals surface area contributed by atoms with Crippen LogP contribution in [0.5, 0.6) is 0 Å². The van der Waals surface area contributed by atoms with Crippen molar-refractivity contribution in [1.82, 2.24) is 5.32 Å². The minimum absolute atomic E-state index is 0.548. The van der Waals surface area contributed by atoms with Crippen molar-refractivity contribution in [3.05, 3.63) is 34.4 Å². The summed E-state index contributed by atoms with van der Waals surface area (Å²) in [5, 5.41) is 12.9. The zero-order valence-corrected chi connectivity index (χ0v) is 10.3. The van der Waals surface area contributed by atoms with Crippen molar-refractivity contribution in [1.29, 1.82) is 0 Å². The van der Waals surface area contributed by atoms with Crippen LogP contribution in [0.2, 0.25) is 0 Å². The van der Waals surface area contributed by atoms with Gasteiger partial charge in [-0.2, -0.15) is 26.3 Å². The first kappa shape index (κ1) is 17.5. The maximum atomic E-state index is 12.3. The summed E-state index contributed by atoms with van der Waals surface area (Å²) in [6.45, 7) is 0. The Morgan fingerprint density at radius 3 is 2.05 bits per heavy atom. The van der Waals surface area contributed by atoms with Gasteiger partial charge in [0.2, 0.25) is 6.04 Å². The molecule has 0 unspecified atom stereocenters. The van der Waals surface area contributed by atoms with E-state index in [4.69, 9.17) is 0 Å². The van der Waals surface area contributed by atoms with E-state index in [2.05, 4.69) is 0 Å². The van der Waals surface area contributed by atoms with E-state index in [1.54, 1.807) is 5.32 Å². The van der Waals surface area contributed by atoms with Crippen molar-refractivity contribution in [3.8, 4) is 0 Å². The van der Waals surface area contributed by atoms with Crippen LogP contribution in [0.25, 0.3) is 0 Å². The summed E-state index contributed by atoms with van der Waals surface area (Å²) in [5.41, 5.74) is -1.23. The van der Waals surface area contributed by atoms with Gasteiger partial charge in [-0.3, -0.25) is 10.1 Å². The largest absolute Gasteiger partial charge is 0.417 e. The van der Waals surface area contributed by atoms with Gasteiger partial charge in [0, 0.05) is 6.07 Å². The topological polar surface area (TPSA) is 84.3 Å². The van der Waals surface area contributed by atoms with E-state index in [9.17, 15) is 41.3 Å². The SMILES string of the molecule is O=C(Nc1ccccc1[N+](=O)[O-])NC(C(F)(F)F)C(F)(F)F. The Balaban J connectivity index is 2.92. The molecule has 0 aliphatic heterocycles. The van der Waals surface area contributed by atoms with Gasteiger partial charge in [0.1, 0.15) is 5.69 Å². The Morgan fingerprint density at radius 2 is 1.59 bits per heavy atom. The molecule has 1 rings (SSSR count). The van der Waals surface area contributed by atoms with E-state index in [1.165, 1.54) is 12.1 Å². The number of hydrogen-bond donors (Lipinski definition) is 2. The summed E-state index contributed by atoms with van der Waals surface area (Å²) in [4.78, 5) is 20.9. The maximum Gasteiger partial charge on any atom is 0.417 e. The fourth-order valence-electron chi connectivity index (χ4n) is 1.38. The van der Waals surface area contributed by atoms with Gasteiger partial charge in [-0.05, 0) is 6.07 Å². The lowest BCUT2D eigenvalue weighted by molar-refractivity contribution is -0.383. The van der Waals surface area contributed by atoms with Crippen LogP contribution in [0.15, 0.2) is 24.3 Å². The maximum absolute atomic E-state index is 12.3. The third-order valence-corrected chi connectivity index (χ3v) is 2.28. The zero-order valence-electron chi connectivity index (χ0n) is 10.3. The third-order valence-electron chi connectivity index (χ3n) is 2.28. The fourth-order valence-corrected chi connectivity index (χ4v) is 1.38. The summed E-state index contributed by atoms with van der Waals surface area (Å²) in [6, 6.07) is -1.70. The monoisotopic (exact) mass is 331 g/mol. The number of amides is 2. The molecule has 0 bridgehead atoms. The van der Waals surface area contributed by atoms with Crippen LogP contribution in [0.4, 0.5) is 42.5 Å². The van der Waals surface area contributed by atoms with Crippen LogP contribution in [-0.2, 0) is 0 Å². The number of urea groups is 1. The van der Waals surface area contributed by atoms with Crippen LogP contribution >= 0.6 is 0 Å². The Kier molecular flexibility index (Phi) is 4.84. The molecule has 22 heavy (non-hydrogen) atoms. The van der Waals surface area contributed by atoms with E-state index in [-0.39, 0.29) is 0 Å². The lowest BCUT2D eigenvalue weighted by Crippen LogP contribution is -2.55. The van der Waals surface area contributed by atoms with E-state index in [0.29, 0.717) is 5.32 Å². The second-order valence-corrected chi connectivity index (χ2v) is 3.89. The molecule has 0 radical (unpaired) electrons. The highest BCUT2D eigenvalue weighted by Crippen LogP contribution is 2.33. The summed E-state index contributed by atoms with van der Waals surface area (Å²) >= 11 is 0. The zero-order chi connectivity index (χ0) is 17.1. The van der Waals surface area contributed by atoms with E-state index in [1.807, 2.05) is 0 Å². The predicted octanol–water partition coefficient (Wildman–Crippen LogP) is 3.21. The minimum Gasteiger partial charge on any atom is -0.318 e. The number of carbonyl (C=O) groups excluding carboxylic acids is 1.